The largest absolute Gasteiger partial charge is 0.462 e. The molecule has 0 unspecified atom stereocenters. The van der Waals surface area contributed by atoms with Crippen molar-refractivity contribution in [2.24, 2.45) is 0 Å². The van der Waals surface area contributed by atoms with Gasteiger partial charge in [0.15, 0.2) is 11.5 Å². The number of ether oxygens (including phenoxy) is 3. The first-order chi connectivity index (χ1) is 24.6. The van der Waals surface area contributed by atoms with E-state index in [2.05, 4.69) is 17.0 Å². The van der Waals surface area contributed by atoms with Crippen LogP contribution in [0.25, 0.3) is 43.8 Å². The summed E-state index contributed by atoms with van der Waals surface area (Å²) in [7, 11) is 0. The molecule has 6 nitrogen and oxygen atoms in total. The van der Waals surface area contributed by atoms with E-state index in [1.165, 1.54) is 0 Å². The van der Waals surface area contributed by atoms with Gasteiger partial charge in [-0.25, -0.2) is 9.59 Å². The molecule has 0 saturated carbocycles. The summed E-state index contributed by atoms with van der Waals surface area (Å²) in [6, 6.07) is 45.9. The average Bonchev–Trinajstić information content (AvgIpc) is 3.16. The summed E-state index contributed by atoms with van der Waals surface area (Å²) >= 11 is 0. The number of carbonyl (C=O) groups is 2. The van der Waals surface area contributed by atoms with Gasteiger partial charge in [0.05, 0.1) is 35.7 Å². The summed E-state index contributed by atoms with van der Waals surface area (Å²) in [4.78, 5) is 28.7. The Labute approximate surface area is 290 Å². The van der Waals surface area contributed by atoms with Gasteiger partial charge in [0.25, 0.3) is 0 Å². The van der Waals surface area contributed by atoms with Gasteiger partial charge < -0.3 is 19.1 Å². The van der Waals surface area contributed by atoms with E-state index in [9.17, 15) is 9.59 Å². The Balaban J connectivity index is 1.33. The van der Waals surface area contributed by atoms with Crippen LogP contribution in [-0.2, 0) is 9.47 Å². The van der Waals surface area contributed by atoms with Crippen molar-refractivity contribution in [1.82, 2.24) is 0 Å². The van der Waals surface area contributed by atoms with Crippen molar-refractivity contribution in [3.63, 3.8) is 0 Å². The number of hydrogen-bond acceptors (Lipinski definition) is 6. The summed E-state index contributed by atoms with van der Waals surface area (Å²) < 4.78 is 17.8. The van der Waals surface area contributed by atoms with E-state index in [0.29, 0.717) is 22.6 Å². The van der Waals surface area contributed by atoms with Crippen LogP contribution in [0.15, 0.2) is 140 Å². The van der Waals surface area contributed by atoms with Crippen LogP contribution in [0.1, 0.15) is 34.6 Å². The molecule has 8 rings (SSSR count). The van der Waals surface area contributed by atoms with Crippen LogP contribution in [0.4, 0.5) is 17.1 Å². The van der Waals surface area contributed by atoms with E-state index in [-0.39, 0.29) is 25.2 Å². The van der Waals surface area contributed by atoms with Gasteiger partial charge >= 0.3 is 11.9 Å². The number of fused-ring (bicyclic) bond motifs is 4. The monoisotopic (exact) mass is 655 g/mol. The third-order valence-corrected chi connectivity index (χ3v) is 9.06. The first-order valence-electron chi connectivity index (χ1n) is 16.7. The van der Waals surface area contributed by atoms with Crippen molar-refractivity contribution in [3.8, 4) is 33.8 Å². The molecule has 7 aromatic carbocycles. The molecule has 0 saturated heterocycles. The van der Waals surface area contributed by atoms with Crippen LogP contribution in [0.3, 0.4) is 0 Å². The van der Waals surface area contributed by atoms with Crippen LogP contribution >= 0.6 is 0 Å². The molecule has 0 bridgehead atoms. The van der Waals surface area contributed by atoms with E-state index < -0.39 is 0 Å². The highest BCUT2D eigenvalue weighted by atomic mass is 16.5. The van der Waals surface area contributed by atoms with Crippen molar-refractivity contribution >= 4 is 50.5 Å². The van der Waals surface area contributed by atoms with Gasteiger partial charge in [-0.1, -0.05) is 91.0 Å². The predicted octanol–water partition coefficient (Wildman–Crippen LogP) is 11.3. The number of nitrogens with zero attached hydrogens (tertiary/aromatic N) is 1. The molecular weight excluding hydrogens is 622 g/mol. The minimum Gasteiger partial charge on any atom is -0.462 e. The summed E-state index contributed by atoms with van der Waals surface area (Å²) in [6.07, 6.45) is 0. The van der Waals surface area contributed by atoms with Gasteiger partial charge in [0.2, 0.25) is 0 Å². The first-order valence-corrected chi connectivity index (χ1v) is 16.7. The SMILES string of the molecule is CCOC(=O)c1ccc2ccccc2c1-c1ccc2c(c1)Oc1cc(-c3c(C(=O)OCC)ccc4ccccc34)ccc1N2c1ccccc1. The molecule has 0 atom stereocenters. The Morgan fingerprint density at radius 2 is 1.00 bits per heavy atom. The maximum atomic E-state index is 13.3. The van der Waals surface area contributed by atoms with Crippen LogP contribution < -0.4 is 9.64 Å². The Morgan fingerprint density at radius 3 is 1.48 bits per heavy atom. The van der Waals surface area contributed by atoms with Crippen molar-refractivity contribution in [2.45, 2.75) is 13.8 Å². The molecule has 0 aromatic heterocycles. The molecule has 0 aliphatic carbocycles. The molecule has 0 amide bonds. The van der Waals surface area contributed by atoms with E-state index in [4.69, 9.17) is 14.2 Å². The second kappa shape index (κ2) is 12.9. The normalized spacial score (nSPS) is 11.8. The number of benzene rings is 7. The molecule has 0 N–H and O–H groups in total. The number of anilines is 3. The molecule has 1 aliphatic rings. The van der Waals surface area contributed by atoms with Gasteiger partial charge in [-0.2, -0.15) is 0 Å². The second-order valence-corrected chi connectivity index (χ2v) is 12.0. The second-order valence-electron chi connectivity index (χ2n) is 12.0. The van der Waals surface area contributed by atoms with Crippen molar-refractivity contribution in [1.29, 1.82) is 0 Å². The summed E-state index contributed by atoms with van der Waals surface area (Å²) in [5.41, 5.74) is 6.89. The fourth-order valence-electron chi connectivity index (χ4n) is 6.90. The third-order valence-electron chi connectivity index (χ3n) is 9.06. The van der Waals surface area contributed by atoms with E-state index in [1.54, 1.807) is 0 Å². The van der Waals surface area contributed by atoms with Crippen molar-refractivity contribution in [3.05, 3.63) is 151 Å². The summed E-state index contributed by atoms with van der Waals surface area (Å²) in [5, 5.41) is 3.92. The number of hydrogen-bond donors (Lipinski definition) is 0. The van der Waals surface area contributed by atoms with Crippen LogP contribution in [0.5, 0.6) is 11.5 Å². The minimum absolute atomic E-state index is 0.276. The standard InChI is InChI=1S/C44H33NO5/c1-3-48-43(46)35-22-18-28-12-8-10-16-33(28)41(35)30-20-24-37-39(26-30)50-40-27-31(21-25-38(40)45(37)32-14-6-5-7-15-32)42-34-17-11-9-13-29(34)19-23-36(42)44(47)49-4-2/h5-27H,3-4H2,1-2H3. The number of rotatable bonds is 7. The van der Waals surface area contributed by atoms with E-state index in [0.717, 1.165) is 60.9 Å². The zero-order chi connectivity index (χ0) is 34.2. The lowest BCUT2D eigenvalue weighted by Gasteiger charge is -2.33. The lowest BCUT2D eigenvalue weighted by atomic mass is 9.92. The summed E-state index contributed by atoms with van der Waals surface area (Å²) in [5.74, 6) is 0.505. The van der Waals surface area contributed by atoms with Gasteiger partial charge in [0.1, 0.15) is 0 Å². The maximum absolute atomic E-state index is 13.3. The lowest BCUT2D eigenvalue weighted by molar-refractivity contribution is 0.0518. The molecule has 0 spiro atoms. The smallest absolute Gasteiger partial charge is 0.338 e. The van der Waals surface area contributed by atoms with Crippen LogP contribution in [0.2, 0.25) is 0 Å². The average molecular weight is 656 g/mol. The Hall–Kier alpha value is -6.40. The first kappa shape index (κ1) is 30.9. The quantitative estimate of drug-likeness (QED) is 0.159. The maximum Gasteiger partial charge on any atom is 0.338 e. The highest BCUT2D eigenvalue weighted by Crippen LogP contribution is 2.53. The Bertz CT molecular complexity index is 2280. The molecule has 1 aliphatic heterocycles. The van der Waals surface area contributed by atoms with Gasteiger partial charge in [0, 0.05) is 16.8 Å². The van der Waals surface area contributed by atoms with Crippen LogP contribution in [-0.4, -0.2) is 25.2 Å². The molecule has 6 heteroatoms. The number of esters is 2. The Morgan fingerprint density at radius 1 is 0.540 bits per heavy atom. The summed E-state index contributed by atoms with van der Waals surface area (Å²) in [6.45, 7) is 4.17. The van der Waals surface area contributed by atoms with E-state index >= 15 is 0 Å². The fraction of sp³-hybridized carbons (Fsp3) is 0.0909. The molecule has 0 radical (unpaired) electrons. The van der Waals surface area contributed by atoms with E-state index in [1.807, 2.05) is 141 Å². The highest BCUT2D eigenvalue weighted by molar-refractivity contribution is 6.10. The van der Waals surface area contributed by atoms with Gasteiger partial charge in [-0.3, -0.25) is 0 Å². The number of para-hydroxylation sites is 1. The topological polar surface area (TPSA) is 65.1 Å². The molecule has 244 valence electrons. The molecule has 1 heterocycles. The Kier molecular flexibility index (Phi) is 7.97. The van der Waals surface area contributed by atoms with Gasteiger partial charge in [-0.05, 0) is 95.1 Å². The predicted molar refractivity (Wildman–Crippen MR) is 199 cm³/mol. The zero-order valence-corrected chi connectivity index (χ0v) is 27.7. The van der Waals surface area contributed by atoms with Crippen LogP contribution in [0, 0.1) is 0 Å². The van der Waals surface area contributed by atoms with Crippen molar-refractivity contribution in [2.75, 3.05) is 18.1 Å². The molecule has 50 heavy (non-hydrogen) atoms. The van der Waals surface area contributed by atoms with Gasteiger partial charge in [-0.15, -0.1) is 0 Å². The molecule has 0 fully saturated rings. The minimum atomic E-state index is -0.375. The molecule has 7 aromatic rings. The third kappa shape index (κ3) is 5.31. The van der Waals surface area contributed by atoms with Crippen molar-refractivity contribution < 1.29 is 23.8 Å². The lowest BCUT2D eigenvalue weighted by Crippen LogP contribution is -2.16. The number of carbonyl (C=O) groups excluding carboxylic acids is 2. The fourth-order valence-corrected chi connectivity index (χ4v) is 6.90. The highest BCUT2D eigenvalue weighted by Gasteiger charge is 2.29. The zero-order valence-electron chi connectivity index (χ0n) is 27.7. The molecular formula is C44H33NO5.